The van der Waals surface area contributed by atoms with Crippen LogP contribution in [0.15, 0.2) is 42.7 Å². The predicted octanol–water partition coefficient (Wildman–Crippen LogP) is 4.08. The molecule has 59 heavy (non-hydrogen) atoms. The fourth-order valence-electron chi connectivity index (χ4n) is 9.97. The number of nitrogens with zero attached hydrogens (tertiary/aromatic N) is 8. The standard InChI is InChI=1S/C44H54N10O5/c1-44(12-13-44)59-30-3-5-34-32(21-30)40(49-48-34)35-22-38(46-27-45-35)52-14-9-28(10-15-52)23-50-17-19-51(20-18-50)24-29-11-16-53(25-29)36-6-4-31-33(41(36)58-2)26-54(43(31)57)37-7-8-39(55)47-42(37)56/h3-6,21-22,27-29,37H,7-20,23-26H2,1-2H3,(H,48,49)(H,47,55,56)/t29-,37?/m0/s1. The van der Waals surface area contributed by atoms with Crippen molar-refractivity contribution in [2.24, 2.45) is 11.8 Å². The summed E-state index contributed by atoms with van der Waals surface area (Å²) in [6.45, 7) is 12.9. The Kier molecular flexibility index (Phi) is 9.90. The zero-order chi connectivity index (χ0) is 40.3. The quantitative estimate of drug-likeness (QED) is 0.210. The summed E-state index contributed by atoms with van der Waals surface area (Å²) in [4.78, 5) is 58.7. The number of imide groups is 1. The van der Waals surface area contributed by atoms with Crippen molar-refractivity contribution in [2.75, 3.05) is 82.4 Å². The van der Waals surface area contributed by atoms with Crippen LogP contribution in [0.2, 0.25) is 0 Å². The van der Waals surface area contributed by atoms with Crippen LogP contribution in [0.4, 0.5) is 11.5 Å². The number of rotatable bonds is 11. The molecule has 0 spiro atoms. The van der Waals surface area contributed by atoms with E-state index in [1.54, 1.807) is 18.3 Å². The Morgan fingerprint density at radius 2 is 1.59 bits per heavy atom. The van der Waals surface area contributed by atoms with Gasteiger partial charge in [0.1, 0.15) is 41.0 Å². The van der Waals surface area contributed by atoms with E-state index < -0.39 is 11.9 Å². The molecule has 4 saturated heterocycles. The maximum atomic E-state index is 13.4. The molecule has 5 fully saturated rings. The SMILES string of the molecule is COc1c(N2CC[C@@H](CN3CCN(CC4CCN(c5cc(-c6n[nH]c7ccc(OC8(C)CC8)cc67)ncn5)CC4)CC3)C2)ccc2c1CN(C1CCC(=O)NC1=O)C2=O. The van der Waals surface area contributed by atoms with Crippen LogP contribution in [0, 0.1) is 11.8 Å². The highest BCUT2D eigenvalue weighted by Crippen LogP contribution is 2.43. The van der Waals surface area contributed by atoms with E-state index in [1.165, 1.54) is 0 Å². The van der Waals surface area contributed by atoms with E-state index in [-0.39, 0.29) is 23.8 Å². The molecule has 2 N–H and O–H groups in total. The normalized spacial score (nSPS) is 23.9. The van der Waals surface area contributed by atoms with Crippen LogP contribution in [-0.4, -0.2) is 137 Å². The molecule has 0 radical (unpaired) electrons. The molecule has 6 aliphatic rings. The summed E-state index contributed by atoms with van der Waals surface area (Å²) in [7, 11) is 1.66. The van der Waals surface area contributed by atoms with Gasteiger partial charge in [-0.3, -0.25) is 24.8 Å². The maximum absolute atomic E-state index is 13.4. The van der Waals surface area contributed by atoms with Gasteiger partial charge in [0.05, 0.1) is 30.6 Å². The van der Waals surface area contributed by atoms with E-state index in [0.29, 0.717) is 30.4 Å². The third-order valence-corrected chi connectivity index (χ3v) is 13.7. The molecule has 310 valence electrons. The highest BCUT2D eigenvalue weighted by atomic mass is 16.5. The van der Waals surface area contributed by atoms with Gasteiger partial charge in [0.15, 0.2) is 0 Å². The molecular weight excluding hydrogens is 749 g/mol. The average molecular weight is 803 g/mol. The number of methoxy groups -OCH3 is 1. The topological polar surface area (TPSA) is 152 Å². The summed E-state index contributed by atoms with van der Waals surface area (Å²) in [6, 6.07) is 11.5. The fourth-order valence-corrected chi connectivity index (χ4v) is 9.97. The van der Waals surface area contributed by atoms with E-state index >= 15 is 0 Å². The number of nitrogens with one attached hydrogen (secondary N) is 2. The van der Waals surface area contributed by atoms with Crippen molar-refractivity contribution in [1.82, 2.24) is 40.2 Å². The number of anilines is 2. The van der Waals surface area contributed by atoms with Crippen molar-refractivity contribution >= 4 is 40.1 Å². The smallest absolute Gasteiger partial charge is 0.255 e. The minimum Gasteiger partial charge on any atom is -0.494 e. The Bertz CT molecular complexity index is 2260. The second-order valence-corrected chi connectivity index (χ2v) is 17.8. The van der Waals surface area contributed by atoms with Crippen molar-refractivity contribution in [3.05, 3.63) is 53.9 Å². The van der Waals surface area contributed by atoms with Crippen LogP contribution in [0.5, 0.6) is 11.5 Å². The largest absolute Gasteiger partial charge is 0.494 e. The Hall–Kier alpha value is -5.28. The van der Waals surface area contributed by atoms with Crippen molar-refractivity contribution < 1.29 is 23.9 Å². The predicted molar refractivity (Wildman–Crippen MR) is 223 cm³/mol. The van der Waals surface area contributed by atoms with Crippen molar-refractivity contribution in [2.45, 2.75) is 70.1 Å². The van der Waals surface area contributed by atoms with Gasteiger partial charge in [0, 0.05) is 94.4 Å². The molecule has 1 unspecified atom stereocenters. The zero-order valence-corrected chi connectivity index (χ0v) is 34.1. The van der Waals surface area contributed by atoms with E-state index in [1.807, 2.05) is 24.3 Å². The molecule has 10 rings (SSSR count). The number of aromatic nitrogens is 4. The van der Waals surface area contributed by atoms with Crippen LogP contribution in [-0.2, 0) is 16.1 Å². The van der Waals surface area contributed by atoms with Crippen LogP contribution in [0.3, 0.4) is 0 Å². The van der Waals surface area contributed by atoms with Gasteiger partial charge in [-0.15, -0.1) is 0 Å². The monoisotopic (exact) mass is 802 g/mol. The summed E-state index contributed by atoms with van der Waals surface area (Å²) in [5, 5.41) is 11.2. The minimum atomic E-state index is -0.642. The summed E-state index contributed by atoms with van der Waals surface area (Å²) in [5.41, 5.74) is 5.00. The number of aromatic amines is 1. The van der Waals surface area contributed by atoms with Crippen LogP contribution >= 0.6 is 0 Å². The highest BCUT2D eigenvalue weighted by molar-refractivity contribution is 6.06. The minimum absolute atomic E-state index is 0.0402. The number of piperidine rings is 2. The van der Waals surface area contributed by atoms with Gasteiger partial charge >= 0.3 is 0 Å². The first-order valence-electron chi connectivity index (χ1n) is 21.5. The van der Waals surface area contributed by atoms with Gasteiger partial charge in [-0.05, 0) is 87.6 Å². The van der Waals surface area contributed by atoms with Gasteiger partial charge in [-0.25, -0.2) is 9.97 Å². The molecule has 4 aromatic rings. The number of benzene rings is 2. The van der Waals surface area contributed by atoms with Crippen molar-refractivity contribution in [3.8, 4) is 22.9 Å². The van der Waals surface area contributed by atoms with E-state index in [2.05, 4.69) is 64.1 Å². The first-order valence-corrected chi connectivity index (χ1v) is 21.5. The van der Waals surface area contributed by atoms with Gasteiger partial charge < -0.3 is 34.0 Å². The number of ether oxygens (including phenoxy) is 2. The Balaban J connectivity index is 0.689. The van der Waals surface area contributed by atoms with Crippen LogP contribution in [0.1, 0.15) is 67.8 Å². The Morgan fingerprint density at radius 1 is 0.847 bits per heavy atom. The lowest BCUT2D eigenvalue weighted by atomic mass is 9.95. The molecule has 15 nitrogen and oxygen atoms in total. The molecule has 2 aromatic carbocycles. The Labute approximate surface area is 344 Å². The first-order chi connectivity index (χ1) is 28.7. The van der Waals surface area contributed by atoms with Gasteiger partial charge in [0.25, 0.3) is 5.91 Å². The fraction of sp³-hybridized carbons (Fsp3) is 0.545. The second kappa shape index (κ2) is 15.4. The molecule has 7 heterocycles. The Morgan fingerprint density at radius 3 is 2.34 bits per heavy atom. The van der Waals surface area contributed by atoms with Crippen LogP contribution in [0.25, 0.3) is 22.3 Å². The van der Waals surface area contributed by atoms with E-state index in [0.717, 1.165) is 148 Å². The van der Waals surface area contributed by atoms with Crippen LogP contribution < -0.4 is 24.6 Å². The number of hydrogen-bond acceptors (Lipinski definition) is 12. The summed E-state index contributed by atoms with van der Waals surface area (Å²) < 4.78 is 12.2. The molecule has 0 bridgehead atoms. The highest BCUT2D eigenvalue weighted by Gasteiger charge is 2.42. The first kappa shape index (κ1) is 38.0. The molecule has 5 aliphatic heterocycles. The van der Waals surface area contributed by atoms with Crippen molar-refractivity contribution in [1.29, 1.82) is 0 Å². The summed E-state index contributed by atoms with van der Waals surface area (Å²) >= 11 is 0. The van der Waals surface area contributed by atoms with Crippen molar-refractivity contribution in [3.63, 3.8) is 0 Å². The second-order valence-electron chi connectivity index (χ2n) is 17.8. The molecule has 1 saturated carbocycles. The number of hydrogen-bond donors (Lipinski definition) is 2. The number of carbonyl (C=O) groups is 3. The number of amides is 3. The molecule has 1 aliphatic carbocycles. The lowest BCUT2D eigenvalue weighted by molar-refractivity contribution is -0.136. The number of H-pyrrole nitrogens is 1. The number of piperazine rings is 1. The number of fused-ring (bicyclic) bond motifs is 2. The van der Waals surface area contributed by atoms with E-state index in [9.17, 15) is 14.4 Å². The summed E-state index contributed by atoms with van der Waals surface area (Å²) in [5.74, 6) is 2.93. The maximum Gasteiger partial charge on any atom is 0.255 e. The average Bonchev–Trinajstić information content (AvgIpc) is 3.53. The molecular formula is C44H54N10O5. The summed E-state index contributed by atoms with van der Waals surface area (Å²) in [6.07, 6.45) is 7.84. The lowest BCUT2D eigenvalue weighted by Crippen LogP contribution is -2.52. The molecule has 3 amide bonds. The molecule has 2 aromatic heterocycles. The molecule has 15 heteroatoms. The third kappa shape index (κ3) is 7.58. The third-order valence-electron chi connectivity index (χ3n) is 13.7. The number of carbonyl (C=O) groups excluding carboxylic acids is 3. The zero-order valence-electron chi connectivity index (χ0n) is 34.1. The van der Waals surface area contributed by atoms with Gasteiger partial charge in [-0.2, -0.15) is 5.10 Å². The van der Waals surface area contributed by atoms with E-state index in [4.69, 9.17) is 9.47 Å². The van der Waals surface area contributed by atoms with Gasteiger partial charge in [0.2, 0.25) is 11.8 Å². The van der Waals surface area contributed by atoms with Gasteiger partial charge in [-0.1, -0.05) is 0 Å². The lowest BCUT2D eigenvalue weighted by Gasteiger charge is -2.39. The molecule has 2 atom stereocenters.